The Hall–Kier alpha value is -1.55. The first-order chi connectivity index (χ1) is 9.51. The second-order valence-electron chi connectivity index (χ2n) is 5.65. The number of phenols is 1. The molecule has 2 unspecified atom stereocenters. The molecule has 20 heavy (non-hydrogen) atoms. The first kappa shape index (κ1) is 14.9. The van der Waals surface area contributed by atoms with E-state index in [0.29, 0.717) is 12.8 Å². The lowest BCUT2D eigenvalue weighted by molar-refractivity contribution is -0.151. The summed E-state index contributed by atoms with van der Waals surface area (Å²) in [6, 6.07) is 7.10. The Balaban J connectivity index is 2.32. The summed E-state index contributed by atoms with van der Waals surface area (Å²) < 4.78 is 0. The van der Waals surface area contributed by atoms with E-state index in [0.717, 1.165) is 24.9 Å². The van der Waals surface area contributed by atoms with Gasteiger partial charge in [0.15, 0.2) is 0 Å². The lowest BCUT2D eigenvalue weighted by Gasteiger charge is -2.39. The average molecular weight is 277 g/mol. The van der Waals surface area contributed by atoms with Crippen molar-refractivity contribution in [1.82, 2.24) is 4.90 Å². The molecule has 4 heteroatoms. The number of likely N-dealkylation sites (tertiary alicyclic amines) is 1. The van der Waals surface area contributed by atoms with Gasteiger partial charge in [0, 0.05) is 6.04 Å². The number of aromatic hydroxyl groups is 1. The number of rotatable bonds is 5. The lowest BCUT2D eigenvalue weighted by Crippen LogP contribution is -2.51. The van der Waals surface area contributed by atoms with Crippen molar-refractivity contribution in [2.45, 2.75) is 51.1 Å². The van der Waals surface area contributed by atoms with E-state index < -0.39 is 11.5 Å². The number of aliphatic carboxylic acids is 1. The predicted octanol–water partition coefficient (Wildman–Crippen LogP) is 3.17. The molecule has 0 amide bonds. The number of carbonyl (C=O) groups is 1. The van der Waals surface area contributed by atoms with Crippen LogP contribution in [0.5, 0.6) is 5.75 Å². The van der Waals surface area contributed by atoms with Crippen LogP contribution in [0.25, 0.3) is 0 Å². The van der Waals surface area contributed by atoms with Crippen molar-refractivity contribution in [3.05, 3.63) is 29.8 Å². The van der Waals surface area contributed by atoms with E-state index in [1.165, 1.54) is 0 Å². The number of hydrogen-bond donors (Lipinski definition) is 2. The Morgan fingerprint density at radius 1 is 1.50 bits per heavy atom. The van der Waals surface area contributed by atoms with Gasteiger partial charge in [-0.2, -0.15) is 0 Å². The summed E-state index contributed by atoms with van der Waals surface area (Å²) >= 11 is 0. The van der Waals surface area contributed by atoms with Gasteiger partial charge in [-0.1, -0.05) is 25.5 Å². The van der Waals surface area contributed by atoms with E-state index in [9.17, 15) is 15.0 Å². The van der Waals surface area contributed by atoms with Crippen LogP contribution in [0, 0.1) is 0 Å². The highest BCUT2D eigenvalue weighted by Crippen LogP contribution is 2.40. The van der Waals surface area contributed by atoms with Crippen molar-refractivity contribution >= 4 is 5.97 Å². The molecule has 4 nitrogen and oxygen atoms in total. The van der Waals surface area contributed by atoms with E-state index >= 15 is 0 Å². The molecule has 1 saturated heterocycles. The summed E-state index contributed by atoms with van der Waals surface area (Å²) in [5, 5.41) is 19.3. The molecule has 2 atom stereocenters. The van der Waals surface area contributed by atoms with Crippen LogP contribution in [0.1, 0.15) is 51.1 Å². The van der Waals surface area contributed by atoms with Gasteiger partial charge in [0.1, 0.15) is 11.3 Å². The molecule has 1 aromatic carbocycles. The smallest absolute Gasteiger partial charge is 0.324 e. The molecule has 110 valence electrons. The van der Waals surface area contributed by atoms with Gasteiger partial charge >= 0.3 is 5.97 Å². The van der Waals surface area contributed by atoms with E-state index in [4.69, 9.17) is 0 Å². The van der Waals surface area contributed by atoms with Gasteiger partial charge < -0.3 is 10.2 Å². The molecule has 0 aromatic heterocycles. The number of carboxylic acids is 1. The van der Waals surface area contributed by atoms with Gasteiger partial charge in [0.25, 0.3) is 0 Å². The van der Waals surface area contributed by atoms with E-state index in [1.807, 2.05) is 19.9 Å². The Morgan fingerprint density at radius 3 is 2.85 bits per heavy atom. The van der Waals surface area contributed by atoms with Crippen molar-refractivity contribution in [3.8, 4) is 5.75 Å². The minimum atomic E-state index is -0.750. The van der Waals surface area contributed by atoms with E-state index in [1.54, 1.807) is 18.2 Å². The second kappa shape index (κ2) is 5.83. The minimum Gasteiger partial charge on any atom is -0.508 e. The first-order valence-corrected chi connectivity index (χ1v) is 7.30. The van der Waals surface area contributed by atoms with Crippen LogP contribution < -0.4 is 0 Å². The zero-order chi connectivity index (χ0) is 14.8. The summed E-state index contributed by atoms with van der Waals surface area (Å²) in [5.74, 6) is -0.492. The molecular formula is C16H23NO3. The quantitative estimate of drug-likeness (QED) is 0.868. The molecule has 1 aromatic rings. The van der Waals surface area contributed by atoms with Gasteiger partial charge in [-0.25, -0.2) is 0 Å². The third-order valence-electron chi connectivity index (χ3n) is 4.42. The van der Waals surface area contributed by atoms with Crippen molar-refractivity contribution in [3.63, 3.8) is 0 Å². The molecule has 2 N–H and O–H groups in total. The van der Waals surface area contributed by atoms with Crippen molar-refractivity contribution in [1.29, 1.82) is 0 Å². The molecule has 0 bridgehead atoms. The molecule has 0 saturated carbocycles. The maximum Gasteiger partial charge on any atom is 0.324 e. The Labute approximate surface area is 120 Å². The van der Waals surface area contributed by atoms with Gasteiger partial charge in [0.2, 0.25) is 0 Å². The highest BCUT2D eigenvalue weighted by Gasteiger charge is 2.48. The molecule has 2 rings (SSSR count). The highest BCUT2D eigenvalue weighted by atomic mass is 16.4. The fraction of sp³-hybridized carbons (Fsp3) is 0.562. The summed E-state index contributed by atoms with van der Waals surface area (Å²) in [4.78, 5) is 13.9. The highest BCUT2D eigenvalue weighted by molar-refractivity contribution is 5.79. The maximum atomic E-state index is 11.8. The minimum absolute atomic E-state index is 0.00718. The van der Waals surface area contributed by atoms with E-state index in [-0.39, 0.29) is 11.8 Å². The van der Waals surface area contributed by atoms with Crippen LogP contribution in [0.3, 0.4) is 0 Å². The number of nitrogens with zero attached hydrogens (tertiary/aromatic N) is 1. The molecule has 0 radical (unpaired) electrons. The Kier molecular flexibility index (Phi) is 4.33. The zero-order valence-electron chi connectivity index (χ0n) is 12.2. The van der Waals surface area contributed by atoms with Crippen LogP contribution >= 0.6 is 0 Å². The summed E-state index contributed by atoms with van der Waals surface area (Å²) in [6.45, 7) is 4.84. The molecule has 1 fully saturated rings. The summed E-state index contributed by atoms with van der Waals surface area (Å²) in [6.07, 6.45) is 3.15. The number of phenolic OH excluding ortho intramolecular Hbond substituents is 1. The van der Waals surface area contributed by atoms with Crippen LogP contribution in [0.15, 0.2) is 24.3 Å². The first-order valence-electron chi connectivity index (χ1n) is 7.30. The third-order valence-corrected chi connectivity index (χ3v) is 4.42. The molecule has 0 aliphatic carbocycles. The topological polar surface area (TPSA) is 60.8 Å². The maximum absolute atomic E-state index is 11.8. The van der Waals surface area contributed by atoms with Gasteiger partial charge in [-0.05, 0) is 50.4 Å². The Morgan fingerprint density at radius 2 is 2.25 bits per heavy atom. The molecule has 1 heterocycles. The zero-order valence-corrected chi connectivity index (χ0v) is 12.2. The molecule has 0 spiro atoms. The number of hydrogen-bond acceptors (Lipinski definition) is 3. The molecular weight excluding hydrogens is 254 g/mol. The third kappa shape index (κ3) is 2.52. The largest absolute Gasteiger partial charge is 0.508 e. The van der Waals surface area contributed by atoms with Crippen LogP contribution in [0.4, 0.5) is 0 Å². The molecule has 1 aliphatic heterocycles. The normalized spacial score (nSPS) is 24.7. The molecule has 1 aliphatic rings. The van der Waals surface area contributed by atoms with E-state index in [2.05, 4.69) is 4.90 Å². The summed E-state index contributed by atoms with van der Waals surface area (Å²) in [7, 11) is 0. The van der Waals surface area contributed by atoms with Crippen LogP contribution in [-0.4, -0.2) is 33.2 Å². The lowest BCUT2D eigenvalue weighted by atomic mass is 9.89. The van der Waals surface area contributed by atoms with Crippen LogP contribution in [-0.2, 0) is 4.79 Å². The second-order valence-corrected chi connectivity index (χ2v) is 5.65. The standard InChI is InChI=1S/C16H23NO3/c1-3-8-16(15(19)20)9-5-10-17(16)12(2)13-6-4-7-14(18)11-13/h4,6-7,11-12,18H,3,5,8-10H2,1-2H3,(H,19,20). The van der Waals surface area contributed by atoms with Crippen molar-refractivity contribution < 1.29 is 15.0 Å². The fourth-order valence-electron chi connectivity index (χ4n) is 3.45. The number of carboxylic acid groups (broad SMARTS) is 1. The van der Waals surface area contributed by atoms with Crippen LogP contribution in [0.2, 0.25) is 0 Å². The Bertz CT molecular complexity index is 488. The SMILES string of the molecule is CCCC1(C(=O)O)CCCN1C(C)c1cccc(O)c1. The summed E-state index contributed by atoms with van der Waals surface area (Å²) in [5.41, 5.74) is 0.216. The average Bonchev–Trinajstić information content (AvgIpc) is 2.83. The van der Waals surface area contributed by atoms with Gasteiger partial charge in [-0.15, -0.1) is 0 Å². The van der Waals surface area contributed by atoms with Gasteiger partial charge in [0.05, 0.1) is 0 Å². The number of benzene rings is 1. The monoisotopic (exact) mass is 277 g/mol. The van der Waals surface area contributed by atoms with Crippen molar-refractivity contribution in [2.24, 2.45) is 0 Å². The van der Waals surface area contributed by atoms with Gasteiger partial charge in [-0.3, -0.25) is 9.69 Å². The van der Waals surface area contributed by atoms with Crippen molar-refractivity contribution in [2.75, 3.05) is 6.54 Å². The predicted molar refractivity (Wildman–Crippen MR) is 77.7 cm³/mol. The fourth-order valence-corrected chi connectivity index (χ4v) is 3.45.